The van der Waals surface area contributed by atoms with Crippen LogP contribution in [0.3, 0.4) is 0 Å². The second-order valence-electron chi connectivity index (χ2n) is 3.06. The molecule has 10 heteroatoms. The van der Waals surface area contributed by atoms with Crippen molar-refractivity contribution in [3.8, 4) is 0 Å². The molecule has 0 saturated carbocycles. The molecule has 0 aliphatic carbocycles. The molecule has 0 bridgehead atoms. The molecule has 1 aromatic heterocycles. The monoisotopic (exact) mass is 243 g/mol. The number of nitrogens with zero attached hydrogens (tertiary/aromatic N) is 4. The first kappa shape index (κ1) is 12.5. The highest BCUT2D eigenvalue weighted by molar-refractivity contribution is 5.86. The molecule has 1 aromatic rings. The van der Waals surface area contributed by atoms with Gasteiger partial charge in [0.05, 0.1) is 6.42 Å². The van der Waals surface area contributed by atoms with Gasteiger partial charge in [-0.1, -0.05) is 0 Å². The Balaban J connectivity index is 2.52. The van der Waals surface area contributed by atoms with E-state index in [1.54, 1.807) is 0 Å². The van der Waals surface area contributed by atoms with Crippen LogP contribution in [-0.4, -0.2) is 54.3 Å². The number of carbonyl (C=O) groups is 3. The molecule has 10 nitrogen and oxygen atoms in total. The van der Waals surface area contributed by atoms with E-state index in [2.05, 4.69) is 20.8 Å². The lowest BCUT2D eigenvalue weighted by Crippen LogP contribution is -2.43. The van der Waals surface area contributed by atoms with E-state index in [9.17, 15) is 14.4 Å². The lowest BCUT2D eigenvalue weighted by Gasteiger charge is -2.11. The molecule has 0 aliphatic heterocycles. The summed E-state index contributed by atoms with van der Waals surface area (Å²) in [5.74, 6) is -3.43. The second kappa shape index (κ2) is 5.53. The number of hydrogen-bond donors (Lipinski definition) is 3. The summed E-state index contributed by atoms with van der Waals surface area (Å²) in [6.07, 6.45) is 0.475. The van der Waals surface area contributed by atoms with Crippen molar-refractivity contribution in [2.45, 2.75) is 19.0 Å². The predicted octanol–water partition coefficient (Wildman–Crippen LogP) is -2.28. The highest BCUT2D eigenvalue weighted by Gasteiger charge is 2.23. The zero-order chi connectivity index (χ0) is 12.8. The van der Waals surface area contributed by atoms with E-state index in [4.69, 9.17) is 10.2 Å². The van der Waals surface area contributed by atoms with E-state index in [0.29, 0.717) is 0 Å². The van der Waals surface area contributed by atoms with Gasteiger partial charge in [-0.25, -0.2) is 9.48 Å². The Bertz CT molecular complexity index is 416. The molecule has 0 radical (unpaired) electrons. The van der Waals surface area contributed by atoms with Gasteiger partial charge in [0.15, 0.2) is 0 Å². The van der Waals surface area contributed by atoms with Gasteiger partial charge in [-0.2, -0.15) is 0 Å². The normalized spacial score (nSPS) is 11.8. The van der Waals surface area contributed by atoms with Crippen LogP contribution in [-0.2, 0) is 20.9 Å². The minimum atomic E-state index is -1.48. The van der Waals surface area contributed by atoms with Crippen molar-refractivity contribution >= 4 is 17.8 Å². The van der Waals surface area contributed by atoms with E-state index in [1.165, 1.54) is 6.33 Å². The fourth-order valence-electron chi connectivity index (χ4n) is 1.01. The maximum Gasteiger partial charge on any atom is 0.326 e. The lowest BCUT2D eigenvalue weighted by atomic mass is 10.2. The number of rotatable bonds is 6. The van der Waals surface area contributed by atoms with Crippen molar-refractivity contribution < 1.29 is 24.6 Å². The van der Waals surface area contributed by atoms with Gasteiger partial charge in [0, 0.05) is 0 Å². The van der Waals surface area contributed by atoms with Crippen molar-refractivity contribution in [3.05, 3.63) is 6.33 Å². The molecule has 1 atom stereocenters. The zero-order valence-electron chi connectivity index (χ0n) is 8.48. The molecule has 1 heterocycles. The Labute approximate surface area is 94.2 Å². The molecule has 0 spiro atoms. The molecule has 1 unspecified atom stereocenters. The van der Waals surface area contributed by atoms with Crippen LogP contribution in [0.4, 0.5) is 0 Å². The van der Waals surface area contributed by atoms with Gasteiger partial charge < -0.3 is 15.5 Å². The SMILES string of the molecule is O=C(O)CC(NC(=O)Cn1cnnn1)C(=O)O. The van der Waals surface area contributed by atoms with Gasteiger partial charge in [-0.3, -0.25) is 9.59 Å². The van der Waals surface area contributed by atoms with Gasteiger partial charge in [0.25, 0.3) is 0 Å². The molecular weight excluding hydrogens is 234 g/mol. The molecule has 0 saturated heterocycles. The molecule has 3 N–H and O–H groups in total. The molecule has 17 heavy (non-hydrogen) atoms. The number of carbonyl (C=O) groups excluding carboxylic acids is 1. The van der Waals surface area contributed by atoms with Crippen molar-refractivity contribution in [2.75, 3.05) is 0 Å². The highest BCUT2D eigenvalue weighted by Crippen LogP contribution is 1.93. The molecule has 1 rings (SSSR count). The van der Waals surface area contributed by atoms with Crippen LogP contribution >= 0.6 is 0 Å². The molecule has 0 aromatic carbocycles. The number of carboxylic acids is 2. The molecule has 0 fully saturated rings. The number of nitrogens with one attached hydrogen (secondary N) is 1. The van der Waals surface area contributed by atoms with E-state index >= 15 is 0 Å². The summed E-state index contributed by atoms with van der Waals surface area (Å²) in [4.78, 5) is 32.3. The average molecular weight is 243 g/mol. The van der Waals surface area contributed by atoms with Crippen LogP contribution in [0.2, 0.25) is 0 Å². The second-order valence-corrected chi connectivity index (χ2v) is 3.06. The highest BCUT2D eigenvalue weighted by atomic mass is 16.4. The predicted molar refractivity (Wildman–Crippen MR) is 49.6 cm³/mol. The number of hydrogen-bond acceptors (Lipinski definition) is 6. The Morgan fingerprint density at radius 2 is 2.06 bits per heavy atom. The smallest absolute Gasteiger partial charge is 0.326 e. The van der Waals surface area contributed by atoms with Crippen LogP contribution in [0.5, 0.6) is 0 Å². The average Bonchev–Trinajstić information content (AvgIpc) is 2.68. The number of amides is 1. The molecule has 0 aliphatic rings. The van der Waals surface area contributed by atoms with Crippen molar-refractivity contribution in [2.24, 2.45) is 0 Å². The van der Waals surface area contributed by atoms with E-state index in [1.807, 2.05) is 0 Å². The van der Waals surface area contributed by atoms with Crippen molar-refractivity contribution in [1.29, 1.82) is 0 Å². The van der Waals surface area contributed by atoms with E-state index in [0.717, 1.165) is 4.68 Å². The van der Waals surface area contributed by atoms with Crippen molar-refractivity contribution in [1.82, 2.24) is 25.5 Å². The van der Waals surface area contributed by atoms with Gasteiger partial charge in [-0.15, -0.1) is 5.10 Å². The van der Waals surface area contributed by atoms with Gasteiger partial charge in [0.1, 0.15) is 18.9 Å². The minimum absolute atomic E-state index is 0.281. The maximum atomic E-state index is 11.3. The summed E-state index contributed by atoms with van der Waals surface area (Å²) in [5.41, 5.74) is 0. The molecular formula is C7H9N5O5. The summed E-state index contributed by atoms with van der Waals surface area (Å²) >= 11 is 0. The fraction of sp³-hybridized carbons (Fsp3) is 0.429. The van der Waals surface area contributed by atoms with Crippen LogP contribution in [0.1, 0.15) is 6.42 Å². The van der Waals surface area contributed by atoms with Gasteiger partial charge in [0.2, 0.25) is 5.91 Å². The van der Waals surface area contributed by atoms with Crippen LogP contribution in [0, 0.1) is 0 Å². The topological polar surface area (TPSA) is 147 Å². The van der Waals surface area contributed by atoms with Crippen LogP contribution in [0.15, 0.2) is 6.33 Å². The summed E-state index contributed by atoms with van der Waals surface area (Å²) < 4.78 is 1.08. The minimum Gasteiger partial charge on any atom is -0.481 e. The van der Waals surface area contributed by atoms with Crippen LogP contribution in [0.25, 0.3) is 0 Å². The van der Waals surface area contributed by atoms with E-state index < -0.39 is 30.3 Å². The third kappa shape index (κ3) is 4.24. The maximum absolute atomic E-state index is 11.3. The Hall–Kier alpha value is -2.52. The molecule has 92 valence electrons. The lowest BCUT2D eigenvalue weighted by molar-refractivity contribution is -0.147. The first-order valence-corrected chi connectivity index (χ1v) is 4.43. The number of aromatic nitrogens is 4. The fourth-order valence-corrected chi connectivity index (χ4v) is 1.01. The Morgan fingerprint density at radius 1 is 1.35 bits per heavy atom. The number of aliphatic carboxylic acids is 2. The number of carboxylic acid groups (broad SMARTS) is 2. The largest absolute Gasteiger partial charge is 0.481 e. The summed E-state index contributed by atoms with van der Waals surface area (Å²) in [6, 6.07) is -1.48. The molecule has 1 amide bonds. The third-order valence-electron chi connectivity index (χ3n) is 1.71. The first-order chi connectivity index (χ1) is 7.99. The van der Waals surface area contributed by atoms with E-state index in [-0.39, 0.29) is 6.54 Å². The van der Waals surface area contributed by atoms with Gasteiger partial charge >= 0.3 is 11.9 Å². The zero-order valence-corrected chi connectivity index (χ0v) is 8.48. The quantitative estimate of drug-likeness (QED) is 0.506. The summed E-state index contributed by atoms with van der Waals surface area (Å²) in [5, 5.41) is 29.1. The van der Waals surface area contributed by atoms with Crippen LogP contribution < -0.4 is 5.32 Å². The summed E-state index contributed by atoms with van der Waals surface area (Å²) in [7, 11) is 0. The standard InChI is InChI=1S/C7H9N5O5/c13-5(2-12-3-8-10-11-12)9-4(7(16)17)1-6(14)15/h3-4H,1-2H2,(H,9,13)(H,14,15)(H,16,17). The Kier molecular flexibility index (Phi) is 4.08. The third-order valence-corrected chi connectivity index (χ3v) is 1.71. The first-order valence-electron chi connectivity index (χ1n) is 4.43. The number of tetrazole rings is 1. The van der Waals surface area contributed by atoms with Crippen molar-refractivity contribution in [3.63, 3.8) is 0 Å². The van der Waals surface area contributed by atoms with Gasteiger partial charge in [-0.05, 0) is 10.4 Å². The Morgan fingerprint density at radius 3 is 2.53 bits per heavy atom. The summed E-state index contributed by atoms with van der Waals surface area (Å²) in [6.45, 7) is -0.281.